The van der Waals surface area contributed by atoms with Gasteiger partial charge in [-0.25, -0.2) is 0 Å². The summed E-state index contributed by atoms with van der Waals surface area (Å²) in [5.41, 5.74) is 1.87. The number of ether oxygens (including phenoxy) is 1. The molecule has 2 rings (SSSR count). The van der Waals surface area contributed by atoms with E-state index in [1.54, 1.807) is 13.4 Å². The summed E-state index contributed by atoms with van der Waals surface area (Å²) in [5.74, 6) is 0. The van der Waals surface area contributed by atoms with E-state index in [0.29, 0.717) is 11.6 Å². The Bertz CT molecular complexity index is 420. The van der Waals surface area contributed by atoms with Gasteiger partial charge in [-0.1, -0.05) is 11.6 Å². The summed E-state index contributed by atoms with van der Waals surface area (Å²) in [5, 5.41) is 1.74. The van der Waals surface area contributed by atoms with Gasteiger partial charge in [0.05, 0.1) is 12.9 Å². The van der Waals surface area contributed by atoms with Gasteiger partial charge in [-0.2, -0.15) is 0 Å². The molecular formula is C10H9ClO2. The van der Waals surface area contributed by atoms with E-state index in [0.717, 1.165) is 16.5 Å². The molecule has 0 N–H and O–H groups in total. The lowest BCUT2D eigenvalue weighted by Crippen LogP contribution is -1.83. The van der Waals surface area contributed by atoms with Gasteiger partial charge < -0.3 is 9.15 Å². The zero-order valence-electron chi connectivity index (χ0n) is 7.21. The molecular weight excluding hydrogens is 188 g/mol. The predicted octanol–water partition coefficient (Wildman–Crippen LogP) is 3.23. The Balaban J connectivity index is 2.58. The molecule has 13 heavy (non-hydrogen) atoms. The minimum Gasteiger partial charge on any atom is -0.464 e. The summed E-state index contributed by atoms with van der Waals surface area (Å²) in [7, 11) is 1.66. The van der Waals surface area contributed by atoms with Gasteiger partial charge in [-0.3, -0.25) is 0 Å². The van der Waals surface area contributed by atoms with Crippen molar-refractivity contribution in [2.24, 2.45) is 0 Å². The average molecular weight is 197 g/mol. The molecule has 2 aromatic rings. The maximum Gasteiger partial charge on any atom is 0.134 e. The highest BCUT2D eigenvalue weighted by molar-refractivity contribution is 6.31. The molecule has 0 unspecified atom stereocenters. The predicted molar refractivity (Wildman–Crippen MR) is 51.9 cm³/mol. The molecule has 0 bridgehead atoms. The molecule has 2 nitrogen and oxygen atoms in total. The lowest BCUT2D eigenvalue weighted by molar-refractivity contribution is 0.185. The van der Waals surface area contributed by atoms with Gasteiger partial charge in [0.2, 0.25) is 0 Å². The van der Waals surface area contributed by atoms with Crippen molar-refractivity contribution in [3.05, 3.63) is 35.0 Å². The van der Waals surface area contributed by atoms with Gasteiger partial charge in [-0.15, -0.1) is 0 Å². The van der Waals surface area contributed by atoms with Crippen molar-refractivity contribution in [1.82, 2.24) is 0 Å². The first-order chi connectivity index (χ1) is 6.31. The SMILES string of the molecule is COCc1coc2ccc(Cl)cc12. The molecule has 0 spiro atoms. The minimum atomic E-state index is 0.549. The van der Waals surface area contributed by atoms with Crippen LogP contribution in [0.15, 0.2) is 28.9 Å². The van der Waals surface area contributed by atoms with E-state index in [1.165, 1.54) is 0 Å². The largest absolute Gasteiger partial charge is 0.464 e. The van der Waals surface area contributed by atoms with Gasteiger partial charge >= 0.3 is 0 Å². The third-order valence-electron chi connectivity index (χ3n) is 1.92. The molecule has 0 amide bonds. The lowest BCUT2D eigenvalue weighted by Gasteiger charge is -1.95. The molecule has 0 atom stereocenters. The van der Waals surface area contributed by atoms with Crippen LogP contribution in [0.5, 0.6) is 0 Å². The molecule has 0 saturated heterocycles. The van der Waals surface area contributed by atoms with Crippen molar-refractivity contribution in [3.63, 3.8) is 0 Å². The van der Waals surface area contributed by atoms with E-state index < -0.39 is 0 Å². The van der Waals surface area contributed by atoms with Crippen LogP contribution in [-0.4, -0.2) is 7.11 Å². The van der Waals surface area contributed by atoms with Crippen LogP contribution in [0.3, 0.4) is 0 Å². The fourth-order valence-corrected chi connectivity index (χ4v) is 1.49. The fourth-order valence-electron chi connectivity index (χ4n) is 1.32. The zero-order chi connectivity index (χ0) is 9.26. The van der Waals surface area contributed by atoms with Gasteiger partial charge in [0.25, 0.3) is 0 Å². The molecule has 68 valence electrons. The number of methoxy groups -OCH3 is 1. The van der Waals surface area contributed by atoms with Gasteiger partial charge in [0.15, 0.2) is 0 Å². The second kappa shape index (κ2) is 3.40. The second-order valence-corrected chi connectivity index (χ2v) is 3.27. The first-order valence-corrected chi connectivity index (χ1v) is 4.33. The molecule has 1 aromatic heterocycles. The highest BCUT2D eigenvalue weighted by Gasteiger charge is 2.05. The van der Waals surface area contributed by atoms with Crippen molar-refractivity contribution in [3.8, 4) is 0 Å². The topological polar surface area (TPSA) is 22.4 Å². The van der Waals surface area contributed by atoms with E-state index in [1.807, 2.05) is 18.2 Å². The van der Waals surface area contributed by atoms with Crippen LogP contribution in [0.2, 0.25) is 5.02 Å². The Kier molecular flexibility index (Phi) is 2.25. The molecule has 1 heterocycles. The third kappa shape index (κ3) is 1.55. The summed E-state index contributed by atoms with van der Waals surface area (Å²) >= 11 is 5.87. The maximum atomic E-state index is 5.87. The van der Waals surface area contributed by atoms with Crippen LogP contribution < -0.4 is 0 Å². The number of rotatable bonds is 2. The summed E-state index contributed by atoms with van der Waals surface area (Å²) in [6.45, 7) is 0.549. The second-order valence-electron chi connectivity index (χ2n) is 2.83. The average Bonchev–Trinajstić information content (AvgIpc) is 2.49. The van der Waals surface area contributed by atoms with Gasteiger partial charge in [0.1, 0.15) is 5.58 Å². The van der Waals surface area contributed by atoms with Crippen molar-refractivity contribution in [2.45, 2.75) is 6.61 Å². The smallest absolute Gasteiger partial charge is 0.134 e. The maximum absolute atomic E-state index is 5.87. The Morgan fingerprint density at radius 2 is 2.31 bits per heavy atom. The van der Waals surface area contributed by atoms with E-state index in [-0.39, 0.29) is 0 Å². The summed E-state index contributed by atoms with van der Waals surface area (Å²) in [6, 6.07) is 5.55. The molecule has 0 radical (unpaired) electrons. The van der Waals surface area contributed by atoms with E-state index in [2.05, 4.69) is 0 Å². The van der Waals surface area contributed by atoms with Gasteiger partial charge in [0, 0.05) is 23.1 Å². The first kappa shape index (κ1) is 8.60. The number of fused-ring (bicyclic) bond motifs is 1. The molecule has 0 aliphatic rings. The van der Waals surface area contributed by atoms with E-state index >= 15 is 0 Å². The fraction of sp³-hybridized carbons (Fsp3) is 0.200. The monoisotopic (exact) mass is 196 g/mol. The Morgan fingerprint density at radius 3 is 3.08 bits per heavy atom. The Morgan fingerprint density at radius 1 is 1.46 bits per heavy atom. The van der Waals surface area contributed by atoms with Crippen molar-refractivity contribution < 1.29 is 9.15 Å². The van der Waals surface area contributed by atoms with Crippen molar-refractivity contribution in [1.29, 1.82) is 0 Å². The molecule has 0 aliphatic carbocycles. The molecule has 1 aromatic carbocycles. The Hall–Kier alpha value is -0.990. The van der Waals surface area contributed by atoms with Crippen LogP contribution >= 0.6 is 11.6 Å². The van der Waals surface area contributed by atoms with Crippen LogP contribution in [0, 0.1) is 0 Å². The van der Waals surface area contributed by atoms with Crippen molar-refractivity contribution in [2.75, 3.05) is 7.11 Å². The van der Waals surface area contributed by atoms with E-state index in [4.69, 9.17) is 20.8 Å². The number of benzene rings is 1. The lowest BCUT2D eigenvalue weighted by atomic mass is 10.2. The first-order valence-electron chi connectivity index (χ1n) is 3.96. The zero-order valence-corrected chi connectivity index (χ0v) is 7.97. The van der Waals surface area contributed by atoms with E-state index in [9.17, 15) is 0 Å². The van der Waals surface area contributed by atoms with Gasteiger partial charge in [-0.05, 0) is 18.2 Å². The number of hydrogen-bond acceptors (Lipinski definition) is 2. The standard InChI is InChI=1S/C10H9ClO2/c1-12-5-7-6-13-10-3-2-8(11)4-9(7)10/h2-4,6H,5H2,1H3. The number of furan rings is 1. The molecule has 0 fully saturated rings. The Labute approximate surface area is 81.1 Å². The van der Waals surface area contributed by atoms with Crippen LogP contribution in [0.1, 0.15) is 5.56 Å². The molecule has 3 heteroatoms. The quantitative estimate of drug-likeness (QED) is 0.736. The molecule has 0 aliphatic heterocycles. The van der Waals surface area contributed by atoms with Crippen LogP contribution in [-0.2, 0) is 11.3 Å². The van der Waals surface area contributed by atoms with Crippen molar-refractivity contribution >= 4 is 22.6 Å². The minimum absolute atomic E-state index is 0.549. The highest BCUT2D eigenvalue weighted by atomic mass is 35.5. The summed E-state index contributed by atoms with van der Waals surface area (Å²) in [6.07, 6.45) is 1.70. The number of halogens is 1. The summed E-state index contributed by atoms with van der Waals surface area (Å²) < 4.78 is 10.3. The highest BCUT2D eigenvalue weighted by Crippen LogP contribution is 2.24. The normalized spacial score (nSPS) is 10.9. The van der Waals surface area contributed by atoms with Crippen LogP contribution in [0.25, 0.3) is 11.0 Å². The number of hydrogen-bond donors (Lipinski definition) is 0. The summed E-state index contributed by atoms with van der Waals surface area (Å²) in [4.78, 5) is 0. The van der Waals surface area contributed by atoms with Crippen LogP contribution in [0.4, 0.5) is 0 Å². The molecule has 0 saturated carbocycles. The third-order valence-corrected chi connectivity index (χ3v) is 2.15.